The molecule has 37 heavy (non-hydrogen) atoms. The predicted octanol–water partition coefficient (Wildman–Crippen LogP) is 1.82. The second-order valence-corrected chi connectivity index (χ2v) is 9.64. The number of anilines is 1. The summed E-state index contributed by atoms with van der Waals surface area (Å²) < 4.78 is 7.12. The van der Waals surface area contributed by atoms with E-state index in [0.29, 0.717) is 35.7 Å². The van der Waals surface area contributed by atoms with E-state index in [0.717, 1.165) is 24.8 Å². The number of ketones is 1. The third-order valence-corrected chi connectivity index (χ3v) is 6.70. The molecule has 2 heterocycles. The summed E-state index contributed by atoms with van der Waals surface area (Å²) in [5.74, 6) is -0.0443. The van der Waals surface area contributed by atoms with Crippen LogP contribution in [0.3, 0.4) is 0 Å². The fourth-order valence-corrected chi connectivity index (χ4v) is 4.33. The Labute approximate surface area is 214 Å². The molecule has 2 aromatic carbocycles. The fourth-order valence-electron chi connectivity index (χ4n) is 4.33. The average Bonchev–Trinajstić information content (AvgIpc) is 3.47. The highest BCUT2D eigenvalue weighted by Crippen LogP contribution is 2.25. The van der Waals surface area contributed by atoms with Crippen LogP contribution in [0, 0.1) is 6.92 Å². The van der Waals surface area contributed by atoms with Crippen molar-refractivity contribution in [3.8, 4) is 11.4 Å². The van der Waals surface area contributed by atoms with Gasteiger partial charge in [-0.15, -0.1) is 0 Å². The molecule has 2 aliphatic rings. The second-order valence-electron chi connectivity index (χ2n) is 9.64. The van der Waals surface area contributed by atoms with Crippen LogP contribution >= 0.6 is 0 Å². The molecule has 1 aliphatic carbocycles. The molecule has 192 valence electrons. The number of nitrogens with two attached hydrogens (primary N) is 2. The van der Waals surface area contributed by atoms with Gasteiger partial charge in [0.2, 0.25) is 0 Å². The Morgan fingerprint density at radius 3 is 2.65 bits per heavy atom. The first kappa shape index (κ1) is 24.5. The lowest BCUT2D eigenvalue weighted by Gasteiger charge is -2.16. The number of likely N-dealkylation sites (tertiary alicyclic amines) is 1. The van der Waals surface area contributed by atoms with Crippen molar-refractivity contribution < 1.29 is 19.1 Å². The van der Waals surface area contributed by atoms with Crippen LogP contribution < -0.4 is 21.5 Å². The quantitative estimate of drug-likeness (QED) is 0.398. The summed E-state index contributed by atoms with van der Waals surface area (Å²) >= 11 is 0. The predicted molar refractivity (Wildman–Crippen MR) is 138 cm³/mol. The van der Waals surface area contributed by atoms with E-state index >= 15 is 0 Å². The van der Waals surface area contributed by atoms with Crippen LogP contribution in [-0.2, 0) is 4.79 Å². The Bertz CT molecular complexity index is 1360. The van der Waals surface area contributed by atoms with E-state index < -0.39 is 0 Å². The molecule has 1 atom stereocenters. The van der Waals surface area contributed by atoms with Gasteiger partial charge in [-0.3, -0.25) is 14.4 Å². The highest BCUT2D eigenvalue weighted by atomic mass is 16.5. The summed E-state index contributed by atoms with van der Waals surface area (Å²) in [4.78, 5) is 39.9. The maximum Gasteiger partial charge on any atom is 0.260 e. The second kappa shape index (κ2) is 10.1. The molecule has 5 rings (SSSR count). The Balaban J connectivity index is 1.31. The van der Waals surface area contributed by atoms with Gasteiger partial charge in [-0.2, -0.15) is 5.10 Å². The van der Waals surface area contributed by atoms with Gasteiger partial charge in [-0.1, -0.05) is 18.2 Å². The summed E-state index contributed by atoms with van der Waals surface area (Å²) in [6.07, 6.45) is 4.19. The summed E-state index contributed by atoms with van der Waals surface area (Å²) in [6.45, 7) is 2.91. The smallest absolute Gasteiger partial charge is 0.260 e. The van der Waals surface area contributed by atoms with Gasteiger partial charge in [-0.25, -0.2) is 4.68 Å². The first-order valence-corrected chi connectivity index (χ1v) is 12.4. The third kappa shape index (κ3) is 5.34. The number of nitrogens with one attached hydrogen (secondary N) is 1. The third-order valence-electron chi connectivity index (χ3n) is 6.70. The zero-order valence-electron chi connectivity index (χ0n) is 20.6. The number of carbonyl (C=O) groups excluding carboxylic acids is 3. The molecule has 5 N–H and O–H groups in total. The van der Waals surface area contributed by atoms with Crippen molar-refractivity contribution >= 4 is 23.4 Å². The van der Waals surface area contributed by atoms with Crippen LogP contribution in [0.1, 0.15) is 51.1 Å². The molecule has 1 saturated carbocycles. The lowest BCUT2D eigenvalue weighted by atomic mass is 10.1. The van der Waals surface area contributed by atoms with Crippen molar-refractivity contribution in [3.05, 3.63) is 70.9 Å². The molecular formula is C27H30N6O4. The molecule has 0 radical (unpaired) electrons. The Morgan fingerprint density at radius 2 is 1.92 bits per heavy atom. The van der Waals surface area contributed by atoms with E-state index in [1.807, 2.05) is 13.0 Å². The van der Waals surface area contributed by atoms with E-state index in [1.54, 1.807) is 41.3 Å². The highest BCUT2D eigenvalue weighted by molar-refractivity contribution is 6.12. The van der Waals surface area contributed by atoms with E-state index in [4.69, 9.17) is 16.2 Å². The van der Waals surface area contributed by atoms with E-state index in [1.165, 1.54) is 10.9 Å². The van der Waals surface area contributed by atoms with Crippen LogP contribution in [0.15, 0.2) is 48.7 Å². The molecule has 1 aliphatic heterocycles. The molecule has 10 nitrogen and oxygen atoms in total. The molecule has 2 amide bonds. The first-order chi connectivity index (χ1) is 17.8. The van der Waals surface area contributed by atoms with Crippen molar-refractivity contribution in [2.75, 3.05) is 25.4 Å². The zero-order valence-corrected chi connectivity index (χ0v) is 20.6. The number of nitrogens with zero attached hydrogens (tertiary/aromatic N) is 3. The number of carbonyl (C=O) groups is 3. The van der Waals surface area contributed by atoms with Crippen LogP contribution in [0.25, 0.3) is 5.69 Å². The van der Waals surface area contributed by atoms with Gasteiger partial charge in [0, 0.05) is 36.3 Å². The van der Waals surface area contributed by atoms with Gasteiger partial charge in [0.1, 0.15) is 11.6 Å². The molecule has 3 aromatic rings. The fraction of sp³-hybridized carbons (Fsp3) is 0.333. The van der Waals surface area contributed by atoms with Crippen LogP contribution in [0.2, 0.25) is 0 Å². The summed E-state index contributed by atoms with van der Waals surface area (Å²) in [7, 11) is 0. The number of ether oxygens (including phenoxy) is 1. The largest absolute Gasteiger partial charge is 0.484 e. The van der Waals surface area contributed by atoms with Crippen molar-refractivity contribution in [2.24, 2.45) is 5.73 Å². The SMILES string of the molecule is Cc1ccc(C(=O)NC2CC2)cc1-n1ncc(C(=O)c2cccc(OCC(=O)N3CCC(N)C3)c2)c1N. The highest BCUT2D eigenvalue weighted by Gasteiger charge is 2.26. The molecule has 2 fully saturated rings. The van der Waals surface area contributed by atoms with E-state index in [2.05, 4.69) is 10.4 Å². The zero-order chi connectivity index (χ0) is 26.1. The van der Waals surface area contributed by atoms with Crippen LogP contribution in [0.5, 0.6) is 5.75 Å². The number of hydrogen-bond acceptors (Lipinski definition) is 7. The summed E-state index contributed by atoms with van der Waals surface area (Å²) in [6, 6.07) is 12.2. The number of aromatic nitrogens is 2. The van der Waals surface area contributed by atoms with Crippen molar-refractivity contribution in [1.29, 1.82) is 0 Å². The Hall–Kier alpha value is -4.18. The maximum atomic E-state index is 13.3. The van der Waals surface area contributed by atoms with Crippen molar-refractivity contribution in [1.82, 2.24) is 20.0 Å². The average molecular weight is 503 g/mol. The Morgan fingerprint density at radius 1 is 1.11 bits per heavy atom. The van der Waals surface area contributed by atoms with Gasteiger partial charge in [0.15, 0.2) is 12.4 Å². The summed E-state index contributed by atoms with van der Waals surface area (Å²) in [5, 5.41) is 7.32. The topological polar surface area (TPSA) is 146 Å². The lowest BCUT2D eigenvalue weighted by molar-refractivity contribution is -0.132. The van der Waals surface area contributed by atoms with Crippen LogP contribution in [0.4, 0.5) is 5.82 Å². The molecular weight excluding hydrogens is 472 g/mol. The molecule has 1 saturated heterocycles. The number of amides is 2. The maximum absolute atomic E-state index is 13.3. The minimum atomic E-state index is -0.327. The first-order valence-electron chi connectivity index (χ1n) is 12.4. The van der Waals surface area contributed by atoms with Crippen molar-refractivity contribution in [3.63, 3.8) is 0 Å². The van der Waals surface area contributed by atoms with Crippen molar-refractivity contribution in [2.45, 2.75) is 38.3 Å². The molecule has 0 bridgehead atoms. The summed E-state index contributed by atoms with van der Waals surface area (Å²) in [5.41, 5.74) is 14.8. The molecule has 1 aromatic heterocycles. The molecule has 10 heteroatoms. The van der Waals surface area contributed by atoms with E-state index in [-0.39, 0.29) is 47.7 Å². The molecule has 0 spiro atoms. The monoisotopic (exact) mass is 502 g/mol. The number of nitrogen functional groups attached to an aromatic ring is 1. The van der Waals surface area contributed by atoms with Gasteiger partial charge in [0.25, 0.3) is 11.8 Å². The van der Waals surface area contributed by atoms with Gasteiger partial charge in [0.05, 0.1) is 17.4 Å². The number of rotatable bonds is 8. The number of benzene rings is 2. The van der Waals surface area contributed by atoms with Gasteiger partial charge >= 0.3 is 0 Å². The lowest BCUT2D eigenvalue weighted by Crippen LogP contribution is -2.35. The molecule has 1 unspecified atom stereocenters. The Kier molecular flexibility index (Phi) is 6.66. The van der Waals surface area contributed by atoms with Gasteiger partial charge < -0.3 is 26.4 Å². The normalized spacial score (nSPS) is 17.0. The minimum Gasteiger partial charge on any atom is -0.484 e. The minimum absolute atomic E-state index is 0.00225. The number of hydrogen-bond donors (Lipinski definition) is 3. The van der Waals surface area contributed by atoms with E-state index in [9.17, 15) is 14.4 Å². The number of aryl methyl sites for hydroxylation is 1. The van der Waals surface area contributed by atoms with Crippen LogP contribution in [-0.4, -0.2) is 64.1 Å². The van der Waals surface area contributed by atoms with Gasteiger partial charge in [-0.05, 0) is 56.0 Å². The standard InChI is InChI=1S/C27H30N6O4/c1-16-5-6-18(27(36)31-20-7-8-20)12-23(16)33-26(29)22(13-30-33)25(35)17-3-2-4-21(11-17)37-15-24(34)32-10-9-19(28)14-32/h2-6,11-13,19-20H,7-10,14-15,28-29H2,1H3,(H,31,36).